The van der Waals surface area contributed by atoms with Gasteiger partial charge in [0.05, 0.1) is 11.4 Å². The molecule has 0 N–H and O–H groups in total. The summed E-state index contributed by atoms with van der Waals surface area (Å²) in [6, 6.07) is 3.75. The van der Waals surface area contributed by atoms with Gasteiger partial charge in [-0.2, -0.15) is 0 Å². The van der Waals surface area contributed by atoms with Crippen molar-refractivity contribution in [3.05, 3.63) is 22.4 Å². The predicted molar refractivity (Wildman–Crippen MR) is 80.3 cm³/mol. The standard InChI is InChI=1S/C13H15BrN2O2S/c1-8-11(3-4-12(14)15-8)16-6-10(5-13(16)18)7-19-9(2)17/h3-4,10H,5-7H2,1-2H3. The van der Waals surface area contributed by atoms with E-state index in [0.717, 1.165) is 16.0 Å². The number of carbonyl (C=O) groups is 2. The minimum Gasteiger partial charge on any atom is -0.310 e. The fourth-order valence-electron chi connectivity index (χ4n) is 2.17. The fourth-order valence-corrected chi connectivity index (χ4v) is 3.26. The summed E-state index contributed by atoms with van der Waals surface area (Å²) in [5, 5.41) is 0.104. The van der Waals surface area contributed by atoms with Crippen LogP contribution in [0.15, 0.2) is 16.7 Å². The summed E-state index contributed by atoms with van der Waals surface area (Å²) in [4.78, 5) is 29.1. The number of aromatic nitrogens is 1. The van der Waals surface area contributed by atoms with E-state index in [0.29, 0.717) is 18.7 Å². The molecule has 0 aliphatic carbocycles. The van der Waals surface area contributed by atoms with Crippen LogP contribution in [0.3, 0.4) is 0 Å². The van der Waals surface area contributed by atoms with Crippen LogP contribution in [0.1, 0.15) is 19.0 Å². The van der Waals surface area contributed by atoms with Crippen molar-refractivity contribution in [1.82, 2.24) is 4.98 Å². The third-order valence-electron chi connectivity index (χ3n) is 3.04. The van der Waals surface area contributed by atoms with Crippen molar-refractivity contribution in [3.8, 4) is 0 Å². The molecule has 1 atom stereocenters. The van der Waals surface area contributed by atoms with E-state index in [1.54, 1.807) is 11.8 Å². The van der Waals surface area contributed by atoms with Crippen LogP contribution in [0.5, 0.6) is 0 Å². The van der Waals surface area contributed by atoms with E-state index >= 15 is 0 Å². The molecule has 1 aliphatic rings. The summed E-state index contributed by atoms with van der Waals surface area (Å²) in [7, 11) is 0. The number of aryl methyl sites for hydroxylation is 1. The lowest BCUT2D eigenvalue weighted by Gasteiger charge is -2.18. The molecule has 0 bridgehead atoms. The van der Waals surface area contributed by atoms with Gasteiger partial charge in [0.25, 0.3) is 0 Å². The molecule has 2 heterocycles. The molecule has 0 aromatic carbocycles. The highest BCUT2D eigenvalue weighted by atomic mass is 79.9. The van der Waals surface area contributed by atoms with Crippen LogP contribution >= 0.6 is 27.7 Å². The Kier molecular flexibility index (Phi) is 4.62. The second-order valence-corrected chi connectivity index (χ2v) is 6.62. The van der Waals surface area contributed by atoms with E-state index in [2.05, 4.69) is 20.9 Å². The molecule has 102 valence electrons. The molecule has 6 heteroatoms. The van der Waals surface area contributed by atoms with E-state index in [9.17, 15) is 9.59 Å². The highest BCUT2D eigenvalue weighted by molar-refractivity contribution is 9.10. The highest BCUT2D eigenvalue weighted by Crippen LogP contribution is 2.29. The van der Waals surface area contributed by atoms with E-state index in [1.165, 1.54) is 11.8 Å². The molecule has 0 saturated carbocycles. The maximum Gasteiger partial charge on any atom is 0.227 e. The van der Waals surface area contributed by atoms with Crippen molar-refractivity contribution < 1.29 is 9.59 Å². The van der Waals surface area contributed by atoms with Gasteiger partial charge in [-0.15, -0.1) is 0 Å². The molecular formula is C13H15BrN2O2S. The lowest BCUT2D eigenvalue weighted by atomic mass is 10.1. The number of nitrogens with zero attached hydrogens (tertiary/aromatic N) is 2. The van der Waals surface area contributed by atoms with Gasteiger partial charge in [-0.3, -0.25) is 9.59 Å². The number of carbonyl (C=O) groups excluding carboxylic acids is 2. The number of amides is 1. The van der Waals surface area contributed by atoms with Gasteiger partial charge in [0, 0.05) is 25.6 Å². The first-order chi connectivity index (χ1) is 8.97. The van der Waals surface area contributed by atoms with Crippen LogP contribution in [0, 0.1) is 12.8 Å². The number of thioether (sulfide) groups is 1. The topological polar surface area (TPSA) is 50.3 Å². The Morgan fingerprint density at radius 1 is 1.58 bits per heavy atom. The monoisotopic (exact) mass is 342 g/mol. The number of pyridine rings is 1. The largest absolute Gasteiger partial charge is 0.310 e. The van der Waals surface area contributed by atoms with Crippen molar-refractivity contribution in [1.29, 1.82) is 0 Å². The molecule has 1 unspecified atom stereocenters. The smallest absolute Gasteiger partial charge is 0.227 e. The summed E-state index contributed by atoms with van der Waals surface area (Å²) in [5.74, 6) is 1.06. The van der Waals surface area contributed by atoms with Crippen molar-refractivity contribution >= 4 is 44.4 Å². The van der Waals surface area contributed by atoms with E-state index < -0.39 is 0 Å². The van der Waals surface area contributed by atoms with Crippen molar-refractivity contribution in [2.24, 2.45) is 5.92 Å². The predicted octanol–water partition coefficient (Wildman–Crippen LogP) is 2.79. The summed E-state index contributed by atoms with van der Waals surface area (Å²) in [6.45, 7) is 4.12. The minimum atomic E-state index is 0.104. The average molecular weight is 343 g/mol. The fraction of sp³-hybridized carbons (Fsp3) is 0.462. The Balaban J connectivity index is 2.09. The molecular weight excluding hydrogens is 328 g/mol. The van der Waals surface area contributed by atoms with Crippen molar-refractivity contribution in [2.45, 2.75) is 20.3 Å². The van der Waals surface area contributed by atoms with Gasteiger partial charge in [-0.1, -0.05) is 11.8 Å². The molecule has 2 rings (SSSR count). The second-order valence-electron chi connectivity index (χ2n) is 4.62. The summed E-state index contributed by atoms with van der Waals surface area (Å²) >= 11 is 4.61. The second kappa shape index (κ2) is 6.05. The normalized spacial score (nSPS) is 19.0. The van der Waals surface area contributed by atoms with Gasteiger partial charge < -0.3 is 4.90 Å². The van der Waals surface area contributed by atoms with Crippen LogP contribution < -0.4 is 4.90 Å². The molecule has 1 aliphatic heterocycles. The molecule has 4 nitrogen and oxygen atoms in total. The maximum absolute atomic E-state index is 12.1. The van der Waals surface area contributed by atoms with E-state index in [-0.39, 0.29) is 16.9 Å². The summed E-state index contributed by atoms with van der Waals surface area (Å²) < 4.78 is 0.768. The maximum atomic E-state index is 12.1. The van der Waals surface area contributed by atoms with Crippen LogP contribution in [-0.2, 0) is 9.59 Å². The van der Waals surface area contributed by atoms with Gasteiger partial charge in [0.1, 0.15) is 4.60 Å². The Morgan fingerprint density at radius 2 is 2.32 bits per heavy atom. The summed E-state index contributed by atoms with van der Waals surface area (Å²) in [6.07, 6.45) is 0.510. The average Bonchev–Trinajstić information content (AvgIpc) is 2.68. The third-order valence-corrected chi connectivity index (χ3v) is 4.53. The lowest BCUT2D eigenvalue weighted by molar-refractivity contribution is -0.117. The molecule has 0 radical (unpaired) electrons. The molecule has 1 aromatic rings. The summed E-state index contributed by atoms with van der Waals surface area (Å²) in [5.41, 5.74) is 1.70. The van der Waals surface area contributed by atoms with Gasteiger partial charge in [-0.25, -0.2) is 4.98 Å². The van der Waals surface area contributed by atoms with E-state index in [4.69, 9.17) is 0 Å². The minimum absolute atomic E-state index is 0.104. The third kappa shape index (κ3) is 3.57. The van der Waals surface area contributed by atoms with Crippen LogP contribution in [0.4, 0.5) is 5.69 Å². The van der Waals surface area contributed by atoms with Crippen molar-refractivity contribution in [2.75, 3.05) is 17.2 Å². The zero-order valence-corrected chi connectivity index (χ0v) is 13.3. The molecule has 1 fully saturated rings. The van der Waals surface area contributed by atoms with Crippen LogP contribution in [-0.4, -0.2) is 28.3 Å². The molecule has 19 heavy (non-hydrogen) atoms. The lowest BCUT2D eigenvalue weighted by Crippen LogP contribution is -2.25. The quantitative estimate of drug-likeness (QED) is 0.792. The van der Waals surface area contributed by atoms with Crippen molar-refractivity contribution in [3.63, 3.8) is 0 Å². The van der Waals surface area contributed by atoms with Gasteiger partial charge in [0.2, 0.25) is 5.91 Å². The first-order valence-electron chi connectivity index (χ1n) is 6.04. The number of rotatable bonds is 3. The Morgan fingerprint density at radius 3 is 2.95 bits per heavy atom. The Bertz CT molecular complexity index is 521. The number of halogens is 1. The van der Waals surface area contributed by atoms with Gasteiger partial charge in [0.15, 0.2) is 5.12 Å². The number of hydrogen-bond acceptors (Lipinski definition) is 4. The SMILES string of the molecule is CC(=O)SCC1CC(=O)N(c2ccc(Br)nc2C)C1. The van der Waals surface area contributed by atoms with Crippen LogP contribution in [0.2, 0.25) is 0 Å². The number of anilines is 1. The zero-order valence-electron chi connectivity index (χ0n) is 10.9. The first kappa shape index (κ1) is 14.5. The Hall–Kier alpha value is -0.880. The molecule has 1 aromatic heterocycles. The Labute approximate surface area is 125 Å². The van der Waals surface area contributed by atoms with Crippen LogP contribution in [0.25, 0.3) is 0 Å². The molecule has 0 spiro atoms. The van der Waals surface area contributed by atoms with Gasteiger partial charge >= 0.3 is 0 Å². The zero-order chi connectivity index (χ0) is 14.0. The first-order valence-corrected chi connectivity index (χ1v) is 7.82. The number of hydrogen-bond donors (Lipinski definition) is 0. The molecule has 1 amide bonds. The van der Waals surface area contributed by atoms with Gasteiger partial charge in [-0.05, 0) is 40.9 Å². The molecule has 1 saturated heterocycles. The van der Waals surface area contributed by atoms with E-state index in [1.807, 2.05) is 19.1 Å². The highest BCUT2D eigenvalue weighted by Gasteiger charge is 2.31.